The third kappa shape index (κ3) is 9.94. The van der Waals surface area contributed by atoms with Gasteiger partial charge >= 0.3 is 6.36 Å². The lowest BCUT2D eigenvalue weighted by atomic mass is 10.1. The number of hydrogen-bond donors (Lipinski definition) is 2. The number of ether oxygens (including phenoxy) is 5. The molecule has 0 atom stereocenters. The van der Waals surface area contributed by atoms with E-state index in [1.807, 2.05) is 48.7 Å². The van der Waals surface area contributed by atoms with Crippen LogP contribution in [0.2, 0.25) is 0 Å². The zero-order valence-corrected chi connectivity index (χ0v) is 36.5. The SMILES string of the molecule is COc1cc(OC(F)(F)F)cc(-n2cc(-c3cccc4c(=O)cc(N5CCCOCC5)[nH]c34)nn2)c1.COc1ccccc1-n1cc(-c2cccc3c(=O)cc(N4CCCOCC4)[nH]c23)nn1. The molecule has 17 nitrogen and oxygen atoms in total. The predicted molar refractivity (Wildman–Crippen MR) is 245 cm³/mol. The summed E-state index contributed by atoms with van der Waals surface area (Å²) in [5.41, 5.74) is 4.77. The largest absolute Gasteiger partial charge is 0.573 e. The Morgan fingerprint density at radius 1 is 0.612 bits per heavy atom. The smallest absolute Gasteiger partial charge is 0.497 e. The normalized spacial score (nSPS) is 14.6. The van der Waals surface area contributed by atoms with E-state index < -0.39 is 12.1 Å². The van der Waals surface area contributed by atoms with Crippen molar-refractivity contribution < 1.29 is 36.9 Å². The molecule has 346 valence electrons. The summed E-state index contributed by atoms with van der Waals surface area (Å²) >= 11 is 0. The fourth-order valence-corrected chi connectivity index (χ4v) is 8.10. The molecule has 0 amide bonds. The lowest BCUT2D eigenvalue weighted by molar-refractivity contribution is -0.274. The average molecular weight is 919 g/mol. The molecular formula is C47H45F3N10O7. The van der Waals surface area contributed by atoms with Crippen molar-refractivity contribution in [1.29, 1.82) is 0 Å². The molecule has 2 aliphatic rings. The number of pyridine rings is 2. The van der Waals surface area contributed by atoms with Gasteiger partial charge < -0.3 is 43.5 Å². The number of alkyl halides is 3. The van der Waals surface area contributed by atoms with Crippen LogP contribution in [0.4, 0.5) is 24.8 Å². The standard InChI is InChI=1S/C24H22F3N5O4.C23H23N5O3/c1-34-16-10-15(11-17(12-16)36-24(25,26)27)32-14-20(29-30-32)18-4-2-5-19-21(33)13-22(28-23(18)19)31-6-3-8-35-9-7-31;1-30-21-9-3-2-8-19(21)28-15-18(25-26-28)16-6-4-7-17-20(29)14-22(24-23(16)17)27-10-5-12-31-13-11-27/h2,4-5,10-14H,3,6-9H2,1H3,(H,28,33);2-4,6-9,14-15H,5,10-13H2,1H3,(H,24,29). The molecular weight excluding hydrogens is 874 g/mol. The van der Waals surface area contributed by atoms with E-state index in [1.165, 1.54) is 23.9 Å². The highest BCUT2D eigenvalue weighted by molar-refractivity contribution is 5.94. The van der Waals surface area contributed by atoms with Crippen LogP contribution in [0.1, 0.15) is 12.8 Å². The second-order valence-corrected chi connectivity index (χ2v) is 15.6. The van der Waals surface area contributed by atoms with E-state index in [-0.39, 0.29) is 22.3 Å². The first-order chi connectivity index (χ1) is 32.5. The van der Waals surface area contributed by atoms with Gasteiger partial charge in [0, 0.05) is 91.6 Å². The summed E-state index contributed by atoms with van der Waals surface area (Å²) in [6.07, 6.45) is 0.317. The number of aromatic nitrogens is 8. The van der Waals surface area contributed by atoms with Gasteiger partial charge in [0.2, 0.25) is 0 Å². The summed E-state index contributed by atoms with van der Waals surface area (Å²) < 4.78 is 67.0. The molecule has 8 aromatic rings. The number of nitrogens with one attached hydrogen (secondary N) is 2. The molecule has 0 saturated carbocycles. The number of methoxy groups -OCH3 is 2. The molecule has 20 heteroatoms. The summed E-state index contributed by atoms with van der Waals surface area (Å²) in [6.45, 7) is 5.61. The van der Waals surface area contributed by atoms with Crippen LogP contribution in [0.15, 0.2) is 113 Å². The van der Waals surface area contributed by atoms with Crippen LogP contribution in [0.25, 0.3) is 55.7 Å². The highest BCUT2D eigenvalue weighted by Crippen LogP contribution is 2.32. The van der Waals surface area contributed by atoms with Crippen molar-refractivity contribution in [2.24, 2.45) is 0 Å². The van der Waals surface area contributed by atoms with Gasteiger partial charge in [-0.05, 0) is 37.1 Å². The number of fused-ring (bicyclic) bond motifs is 2. The van der Waals surface area contributed by atoms with Gasteiger partial charge in [-0.15, -0.1) is 23.4 Å². The molecule has 0 radical (unpaired) electrons. The number of H-pyrrole nitrogens is 2. The van der Waals surface area contributed by atoms with Crippen LogP contribution in [0.5, 0.6) is 17.2 Å². The Kier molecular flexibility index (Phi) is 12.9. The van der Waals surface area contributed by atoms with Crippen LogP contribution in [-0.2, 0) is 9.47 Å². The number of benzene rings is 4. The Balaban J connectivity index is 0.000000170. The lowest BCUT2D eigenvalue weighted by Gasteiger charge is -2.22. The van der Waals surface area contributed by atoms with E-state index in [0.29, 0.717) is 71.2 Å². The molecule has 6 heterocycles. The van der Waals surface area contributed by atoms with Crippen molar-refractivity contribution in [2.45, 2.75) is 19.2 Å². The van der Waals surface area contributed by atoms with Gasteiger partial charge in [-0.1, -0.05) is 46.8 Å². The summed E-state index contributed by atoms with van der Waals surface area (Å²) in [7, 11) is 2.96. The quantitative estimate of drug-likeness (QED) is 0.153. The van der Waals surface area contributed by atoms with Crippen molar-refractivity contribution >= 4 is 33.4 Å². The molecule has 2 N–H and O–H groups in total. The van der Waals surface area contributed by atoms with Crippen molar-refractivity contribution in [3.05, 3.63) is 124 Å². The van der Waals surface area contributed by atoms with Crippen LogP contribution >= 0.6 is 0 Å². The van der Waals surface area contributed by atoms with Gasteiger partial charge in [0.15, 0.2) is 10.9 Å². The first-order valence-electron chi connectivity index (χ1n) is 21.5. The van der Waals surface area contributed by atoms with Crippen LogP contribution in [0.3, 0.4) is 0 Å². The molecule has 0 unspecified atom stereocenters. The van der Waals surface area contributed by atoms with E-state index >= 15 is 0 Å². The maximum atomic E-state index is 12.9. The van der Waals surface area contributed by atoms with Crippen LogP contribution in [0, 0.1) is 0 Å². The van der Waals surface area contributed by atoms with Gasteiger partial charge in [-0.3, -0.25) is 9.59 Å². The molecule has 2 saturated heterocycles. The number of rotatable bonds is 9. The highest BCUT2D eigenvalue weighted by Gasteiger charge is 2.31. The zero-order chi connectivity index (χ0) is 46.5. The molecule has 2 aliphatic heterocycles. The molecule has 10 rings (SSSR count). The Bertz CT molecular complexity index is 3130. The van der Waals surface area contributed by atoms with Gasteiger partial charge in [-0.2, -0.15) is 0 Å². The van der Waals surface area contributed by atoms with E-state index in [9.17, 15) is 22.8 Å². The third-order valence-corrected chi connectivity index (χ3v) is 11.3. The van der Waals surface area contributed by atoms with Gasteiger partial charge in [0.05, 0.1) is 56.5 Å². The van der Waals surface area contributed by atoms with Crippen LogP contribution < -0.4 is 34.9 Å². The van der Waals surface area contributed by atoms with Crippen molar-refractivity contribution in [3.8, 4) is 51.1 Å². The maximum Gasteiger partial charge on any atom is 0.573 e. The first-order valence-corrected chi connectivity index (χ1v) is 21.5. The van der Waals surface area contributed by atoms with Gasteiger partial charge in [0.1, 0.15) is 46.0 Å². The minimum absolute atomic E-state index is 0.0205. The fraction of sp³-hybridized carbons (Fsp3) is 0.277. The summed E-state index contributed by atoms with van der Waals surface area (Å²) in [5.74, 6) is 1.89. The number of halogens is 3. The minimum Gasteiger partial charge on any atom is -0.497 e. The number of para-hydroxylation sites is 4. The zero-order valence-electron chi connectivity index (χ0n) is 36.5. The molecule has 4 aromatic heterocycles. The summed E-state index contributed by atoms with van der Waals surface area (Å²) in [4.78, 5) is 36.9. The van der Waals surface area contributed by atoms with Crippen molar-refractivity contribution in [1.82, 2.24) is 40.0 Å². The van der Waals surface area contributed by atoms with E-state index in [1.54, 1.807) is 48.3 Å². The van der Waals surface area contributed by atoms with E-state index in [4.69, 9.17) is 18.9 Å². The lowest BCUT2D eigenvalue weighted by Crippen LogP contribution is -2.28. The Labute approximate surface area is 380 Å². The summed E-state index contributed by atoms with van der Waals surface area (Å²) in [6, 6.07) is 25.6. The second kappa shape index (κ2) is 19.4. The monoisotopic (exact) mass is 918 g/mol. The Morgan fingerprint density at radius 2 is 1.16 bits per heavy atom. The number of nitrogens with zero attached hydrogens (tertiary/aromatic N) is 8. The average Bonchev–Trinajstić information content (AvgIpc) is 3.84. The van der Waals surface area contributed by atoms with Gasteiger partial charge in [-0.25, -0.2) is 9.36 Å². The molecule has 0 spiro atoms. The van der Waals surface area contributed by atoms with E-state index in [0.717, 1.165) is 67.7 Å². The molecule has 67 heavy (non-hydrogen) atoms. The topological polar surface area (TPSA) is 180 Å². The maximum absolute atomic E-state index is 12.9. The van der Waals surface area contributed by atoms with Crippen LogP contribution in [-0.4, -0.2) is 113 Å². The fourth-order valence-electron chi connectivity index (χ4n) is 8.10. The first kappa shape index (κ1) is 44.5. The molecule has 4 aromatic carbocycles. The third-order valence-electron chi connectivity index (χ3n) is 11.3. The summed E-state index contributed by atoms with van der Waals surface area (Å²) in [5, 5.41) is 18.1. The van der Waals surface area contributed by atoms with Crippen molar-refractivity contribution in [2.75, 3.05) is 76.6 Å². The minimum atomic E-state index is -4.86. The van der Waals surface area contributed by atoms with E-state index in [2.05, 4.69) is 45.1 Å². The Morgan fingerprint density at radius 3 is 1.73 bits per heavy atom. The second-order valence-electron chi connectivity index (χ2n) is 15.6. The molecule has 0 bridgehead atoms. The number of aromatic amines is 2. The molecule has 0 aliphatic carbocycles. The van der Waals surface area contributed by atoms with Crippen molar-refractivity contribution in [3.63, 3.8) is 0 Å². The highest BCUT2D eigenvalue weighted by atomic mass is 19.4. The number of anilines is 2. The predicted octanol–water partition coefficient (Wildman–Crippen LogP) is 6.92. The van der Waals surface area contributed by atoms with Gasteiger partial charge in [0.25, 0.3) is 0 Å². The number of hydrogen-bond acceptors (Lipinski definition) is 13. The molecule has 2 fully saturated rings. The Hall–Kier alpha value is -7.71.